The molecule has 4 nitrogen and oxygen atoms in total. The van der Waals surface area contributed by atoms with Crippen molar-refractivity contribution in [3.8, 4) is 0 Å². The average molecular weight is 355 g/mol. The van der Waals surface area contributed by atoms with Gasteiger partial charge >= 0.3 is 0 Å². The van der Waals surface area contributed by atoms with Gasteiger partial charge in [-0.1, -0.05) is 32.6 Å². The second kappa shape index (κ2) is 8.91. The van der Waals surface area contributed by atoms with Crippen molar-refractivity contribution in [3.05, 3.63) is 0 Å². The smallest absolute Gasteiger partial charge is 0.246 e. The van der Waals surface area contributed by atoms with Crippen LogP contribution in [0.2, 0.25) is 0 Å². The number of carbonyl (C=O) groups excluding carboxylic acids is 1. The van der Waals surface area contributed by atoms with Crippen LogP contribution in [0.4, 0.5) is 0 Å². The molecule has 24 heavy (non-hydrogen) atoms. The van der Waals surface area contributed by atoms with E-state index in [-0.39, 0.29) is 18.1 Å². The van der Waals surface area contributed by atoms with Crippen LogP contribution >= 0.6 is 11.8 Å². The number of carbonyl (C=O) groups is 1. The fourth-order valence-corrected chi connectivity index (χ4v) is 5.62. The van der Waals surface area contributed by atoms with Crippen LogP contribution in [0.1, 0.15) is 58.3 Å². The van der Waals surface area contributed by atoms with Crippen molar-refractivity contribution in [3.63, 3.8) is 0 Å². The molecular formula is C19H34N2O2S. The summed E-state index contributed by atoms with van der Waals surface area (Å²) in [6, 6.07) is 0. The van der Waals surface area contributed by atoms with Crippen LogP contribution in [0.3, 0.4) is 0 Å². The molecule has 3 fully saturated rings. The summed E-state index contributed by atoms with van der Waals surface area (Å²) in [5.41, 5.74) is 0.218. The third kappa shape index (κ3) is 4.89. The minimum Gasteiger partial charge on any atom is -0.368 e. The quantitative estimate of drug-likeness (QED) is 0.796. The zero-order chi connectivity index (χ0) is 16.8. The van der Waals surface area contributed by atoms with Crippen LogP contribution in [-0.4, -0.2) is 60.2 Å². The minimum atomic E-state index is 0.0749. The zero-order valence-corrected chi connectivity index (χ0v) is 16.0. The fourth-order valence-electron chi connectivity index (χ4n) is 4.71. The Labute approximate surface area is 151 Å². The normalized spacial score (nSPS) is 31.0. The Kier molecular flexibility index (Phi) is 6.88. The molecule has 0 bridgehead atoms. The molecule has 0 aromatic carbocycles. The first-order valence-electron chi connectivity index (χ1n) is 9.89. The zero-order valence-electron chi connectivity index (χ0n) is 15.2. The minimum absolute atomic E-state index is 0.0749. The number of hydrogen-bond donors (Lipinski definition) is 1. The number of rotatable bonds is 6. The number of nitrogens with zero attached hydrogens (tertiary/aromatic N) is 1. The molecule has 0 radical (unpaired) electrons. The Bertz CT molecular complexity index is 406. The Balaban J connectivity index is 1.43. The van der Waals surface area contributed by atoms with E-state index in [4.69, 9.17) is 4.74 Å². The van der Waals surface area contributed by atoms with E-state index < -0.39 is 0 Å². The molecule has 3 aliphatic rings. The summed E-state index contributed by atoms with van der Waals surface area (Å²) in [6.07, 6.45) is 10.1. The molecule has 1 N–H and O–H groups in total. The summed E-state index contributed by atoms with van der Waals surface area (Å²) in [5.74, 6) is 3.29. The molecule has 0 aromatic heterocycles. The number of amides is 1. The molecule has 1 heterocycles. The van der Waals surface area contributed by atoms with Gasteiger partial charge in [0.05, 0.1) is 6.10 Å². The van der Waals surface area contributed by atoms with E-state index in [9.17, 15) is 4.79 Å². The monoisotopic (exact) mass is 354 g/mol. The highest BCUT2D eigenvalue weighted by molar-refractivity contribution is 7.99. The summed E-state index contributed by atoms with van der Waals surface area (Å²) < 4.78 is 5.88. The maximum atomic E-state index is 12.3. The highest BCUT2D eigenvalue weighted by Crippen LogP contribution is 2.36. The van der Waals surface area contributed by atoms with Crippen LogP contribution in [0, 0.1) is 5.92 Å². The SMILES string of the molecule is CC1CCCC(OCC(=O)NCC2(N3CCSCC3)CCCC2)C1. The van der Waals surface area contributed by atoms with E-state index in [0.29, 0.717) is 6.10 Å². The van der Waals surface area contributed by atoms with E-state index in [0.717, 1.165) is 25.3 Å². The third-order valence-electron chi connectivity index (χ3n) is 6.17. The molecular weight excluding hydrogens is 320 g/mol. The standard InChI is InChI=1S/C19H34N2O2S/c1-16-5-4-6-17(13-16)23-14-18(22)20-15-19(7-2-3-8-19)21-9-11-24-12-10-21/h16-17H,2-15H2,1H3,(H,20,22). The number of thioether (sulfide) groups is 1. The van der Waals surface area contributed by atoms with Gasteiger partial charge in [-0.15, -0.1) is 0 Å². The van der Waals surface area contributed by atoms with Gasteiger partial charge in [-0.2, -0.15) is 11.8 Å². The van der Waals surface area contributed by atoms with Crippen LogP contribution in [0.5, 0.6) is 0 Å². The van der Waals surface area contributed by atoms with E-state index in [1.165, 1.54) is 63.1 Å². The van der Waals surface area contributed by atoms with E-state index >= 15 is 0 Å². The van der Waals surface area contributed by atoms with Crippen molar-refractivity contribution in [1.29, 1.82) is 0 Å². The first kappa shape index (κ1) is 18.5. The molecule has 0 aromatic rings. The molecule has 2 saturated carbocycles. The van der Waals surface area contributed by atoms with Crippen molar-refractivity contribution >= 4 is 17.7 Å². The van der Waals surface area contributed by atoms with Gasteiger partial charge in [-0.05, 0) is 31.6 Å². The van der Waals surface area contributed by atoms with Gasteiger partial charge in [0.2, 0.25) is 5.91 Å². The lowest BCUT2D eigenvalue weighted by atomic mass is 9.89. The predicted octanol–water partition coefficient (Wildman–Crippen LogP) is 3.06. The Hall–Kier alpha value is -0.260. The molecule has 3 rings (SSSR count). The van der Waals surface area contributed by atoms with Gasteiger partial charge in [0.1, 0.15) is 6.61 Å². The summed E-state index contributed by atoms with van der Waals surface area (Å²) in [7, 11) is 0. The predicted molar refractivity (Wildman–Crippen MR) is 100 cm³/mol. The van der Waals surface area contributed by atoms with Gasteiger partial charge in [-0.3, -0.25) is 9.69 Å². The van der Waals surface area contributed by atoms with Gasteiger partial charge in [-0.25, -0.2) is 0 Å². The Morgan fingerprint density at radius 3 is 2.67 bits per heavy atom. The van der Waals surface area contributed by atoms with Crippen molar-refractivity contribution < 1.29 is 9.53 Å². The highest BCUT2D eigenvalue weighted by atomic mass is 32.2. The van der Waals surface area contributed by atoms with E-state index in [1.54, 1.807) is 0 Å². The third-order valence-corrected chi connectivity index (χ3v) is 7.11. The molecule has 2 unspecified atom stereocenters. The molecule has 0 spiro atoms. The fraction of sp³-hybridized carbons (Fsp3) is 0.947. The maximum Gasteiger partial charge on any atom is 0.246 e. The lowest BCUT2D eigenvalue weighted by molar-refractivity contribution is -0.129. The Morgan fingerprint density at radius 2 is 1.96 bits per heavy atom. The maximum absolute atomic E-state index is 12.3. The lowest BCUT2D eigenvalue weighted by Crippen LogP contribution is -2.56. The average Bonchev–Trinajstić information content (AvgIpc) is 3.09. The number of nitrogens with one attached hydrogen (secondary N) is 1. The van der Waals surface area contributed by atoms with Gasteiger partial charge in [0, 0.05) is 36.7 Å². The first-order chi connectivity index (χ1) is 11.7. The van der Waals surface area contributed by atoms with Gasteiger partial charge < -0.3 is 10.1 Å². The topological polar surface area (TPSA) is 41.6 Å². The van der Waals surface area contributed by atoms with E-state index in [2.05, 4.69) is 28.9 Å². The van der Waals surface area contributed by atoms with Crippen LogP contribution in [0.15, 0.2) is 0 Å². The lowest BCUT2D eigenvalue weighted by Gasteiger charge is -2.43. The number of hydrogen-bond acceptors (Lipinski definition) is 4. The molecule has 2 atom stereocenters. The van der Waals surface area contributed by atoms with Gasteiger partial charge in [0.15, 0.2) is 0 Å². The van der Waals surface area contributed by atoms with Gasteiger partial charge in [0.25, 0.3) is 0 Å². The van der Waals surface area contributed by atoms with Crippen LogP contribution in [0.25, 0.3) is 0 Å². The summed E-state index contributed by atoms with van der Waals surface area (Å²) in [6.45, 7) is 5.69. The summed E-state index contributed by atoms with van der Waals surface area (Å²) in [4.78, 5) is 14.9. The summed E-state index contributed by atoms with van der Waals surface area (Å²) in [5, 5.41) is 3.20. The second-order valence-electron chi connectivity index (χ2n) is 8.01. The van der Waals surface area contributed by atoms with E-state index in [1.807, 2.05) is 0 Å². The van der Waals surface area contributed by atoms with Crippen molar-refractivity contribution in [2.24, 2.45) is 5.92 Å². The van der Waals surface area contributed by atoms with Crippen LogP contribution < -0.4 is 5.32 Å². The molecule has 5 heteroatoms. The molecule has 1 saturated heterocycles. The molecule has 1 aliphatic heterocycles. The molecule has 138 valence electrons. The van der Waals surface area contributed by atoms with Crippen molar-refractivity contribution in [2.45, 2.75) is 69.9 Å². The largest absolute Gasteiger partial charge is 0.368 e. The van der Waals surface area contributed by atoms with Crippen LogP contribution in [-0.2, 0) is 9.53 Å². The number of ether oxygens (including phenoxy) is 1. The molecule has 2 aliphatic carbocycles. The van der Waals surface area contributed by atoms with Crippen molar-refractivity contribution in [1.82, 2.24) is 10.2 Å². The summed E-state index contributed by atoms with van der Waals surface area (Å²) >= 11 is 2.06. The highest BCUT2D eigenvalue weighted by Gasteiger charge is 2.40. The first-order valence-corrected chi connectivity index (χ1v) is 11.0. The second-order valence-corrected chi connectivity index (χ2v) is 9.24. The molecule has 1 amide bonds. The Morgan fingerprint density at radius 1 is 1.21 bits per heavy atom. The van der Waals surface area contributed by atoms with Crippen molar-refractivity contribution in [2.75, 3.05) is 37.7 Å².